The number of aromatic amines is 1. The molecule has 0 aliphatic heterocycles. The summed E-state index contributed by atoms with van der Waals surface area (Å²) in [7, 11) is 0. The van der Waals surface area contributed by atoms with Crippen LogP contribution in [0.5, 0.6) is 0 Å². The van der Waals surface area contributed by atoms with Gasteiger partial charge in [0, 0.05) is 16.9 Å². The molecule has 0 atom stereocenters. The van der Waals surface area contributed by atoms with Crippen LogP contribution in [0.15, 0.2) is 24.3 Å². The number of benzene rings is 1. The Morgan fingerprint density at radius 2 is 1.88 bits per heavy atom. The van der Waals surface area contributed by atoms with Crippen LogP contribution in [-0.4, -0.2) is 34.3 Å². The highest BCUT2D eigenvalue weighted by Crippen LogP contribution is 2.28. The summed E-state index contributed by atoms with van der Waals surface area (Å²) in [6, 6.07) is 8.21. The first kappa shape index (κ1) is 17.5. The Morgan fingerprint density at radius 1 is 1.20 bits per heavy atom. The molecule has 0 spiro atoms. The highest BCUT2D eigenvalue weighted by atomic mass is 16.2. The molecule has 0 radical (unpaired) electrons. The molecule has 1 fully saturated rings. The molecule has 0 saturated heterocycles. The number of amides is 2. The number of carbonyl (C=O) groups is 2. The van der Waals surface area contributed by atoms with E-state index in [0.29, 0.717) is 5.69 Å². The number of primary amides is 1. The van der Waals surface area contributed by atoms with E-state index in [1.54, 1.807) is 4.90 Å². The highest BCUT2D eigenvalue weighted by molar-refractivity contribution is 5.99. The lowest BCUT2D eigenvalue weighted by Gasteiger charge is -2.27. The molecule has 3 rings (SSSR count). The predicted molar refractivity (Wildman–Crippen MR) is 99.5 cm³/mol. The van der Waals surface area contributed by atoms with Gasteiger partial charge in [-0.25, -0.2) is 0 Å². The molecule has 1 aliphatic rings. The van der Waals surface area contributed by atoms with E-state index in [9.17, 15) is 9.59 Å². The minimum absolute atomic E-state index is 0.0217. The van der Waals surface area contributed by atoms with Crippen molar-refractivity contribution < 1.29 is 9.59 Å². The van der Waals surface area contributed by atoms with Crippen molar-refractivity contribution in [1.29, 1.82) is 0 Å². The number of hydrogen-bond donors (Lipinski definition) is 2. The van der Waals surface area contributed by atoms with E-state index in [0.717, 1.165) is 36.6 Å². The van der Waals surface area contributed by atoms with Gasteiger partial charge < -0.3 is 15.6 Å². The van der Waals surface area contributed by atoms with Crippen LogP contribution in [0.2, 0.25) is 0 Å². The van der Waals surface area contributed by atoms with Gasteiger partial charge in [0.1, 0.15) is 5.69 Å². The van der Waals surface area contributed by atoms with Crippen LogP contribution in [0.25, 0.3) is 10.9 Å². The van der Waals surface area contributed by atoms with Crippen molar-refractivity contribution in [2.75, 3.05) is 6.54 Å². The molecule has 2 aromatic rings. The Hall–Kier alpha value is -2.30. The van der Waals surface area contributed by atoms with Crippen LogP contribution < -0.4 is 5.73 Å². The molecule has 5 heteroatoms. The van der Waals surface area contributed by atoms with Gasteiger partial charge in [-0.2, -0.15) is 0 Å². The molecular weight excluding hydrogens is 314 g/mol. The summed E-state index contributed by atoms with van der Waals surface area (Å²) in [4.78, 5) is 29.3. The molecule has 1 aromatic carbocycles. The Morgan fingerprint density at radius 3 is 2.48 bits per heavy atom. The third-order valence-corrected chi connectivity index (χ3v) is 5.07. The molecule has 0 unspecified atom stereocenters. The zero-order chi connectivity index (χ0) is 18.2. The fraction of sp³-hybridized carbons (Fsp3) is 0.500. The van der Waals surface area contributed by atoms with Gasteiger partial charge in [0.2, 0.25) is 5.91 Å². The van der Waals surface area contributed by atoms with Crippen molar-refractivity contribution in [3.05, 3.63) is 35.5 Å². The van der Waals surface area contributed by atoms with Gasteiger partial charge in [0.05, 0.1) is 6.54 Å². The predicted octanol–water partition coefficient (Wildman–Crippen LogP) is 3.34. The van der Waals surface area contributed by atoms with Gasteiger partial charge in [-0.1, -0.05) is 45.7 Å². The standard InChI is InChI=1S/C20H27N3O2/c1-20(2,3)14-9-8-13-10-17(22-16(13)11-14)19(25)23(12-18(21)24)15-6-4-5-7-15/h8-11,15,22H,4-7,12H2,1-3H3,(H2,21,24). The third kappa shape index (κ3) is 3.70. The van der Waals surface area contributed by atoms with E-state index in [1.165, 1.54) is 5.56 Å². The van der Waals surface area contributed by atoms with Crippen molar-refractivity contribution in [3.63, 3.8) is 0 Å². The number of aromatic nitrogens is 1. The minimum atomic E-state index is -0.466. The van der Waals surface area contributed by atoms with Gasteiger partial charge in [0.15, 0.2) is 0 Å². The SMILES string of the molecule is CC(C)(C)c1ccc2cc(C(=O)N(CC(N)=O)C3CCCC3)[nH]c2c1. The highest BCUT2D eigenvalue weighted by Gasteiger charge is 2.29. The largest absolute Gasteiger partial charge is 0.368 e. The monoisotopic (exact) mass is 341 g/mol. The van der Waals surface area contributed by atoms with Crippen molar-refractivity contribution in [2.45, 2.75) is 57.9 Å². The first-order valence-electron chi connectivity index (χ1n) is 8.98. The molecule has 1 aliphatic carbocycles. The third-order valence-electron chi connectivity index (χ3n) is 5.07. The van der Waals surface area contributed by atoms with Gasteiger partial charge in [-0.15, -0.1) is 0 Å². The van der Waals surface area contributed by atoms with Crippen molar-refractivity contribution in [2.24, 2.45) is 5.73 Å². The fourth-order valence-corrected chi connectivity index (χ4v) is 3.61. The number of nitrogens with one attached hydrogen (secondary N) is 1. The first-order chi connectivity index (χ1) is 11.8. The average molecular weight is 341 g/mol. The van der Waals surface area contributed by atoms with Crippen molar-refractivity contribution in [3.8, 4) is 0 Å². The molecule has 1 aromatic heterocycles. The van der Waals surface area contributed by atoms with Crippen LogP contribution in [0.3, 0.4) is 0 Å². The van der Waals surface area contributed by atoms with E-state index >= 15 is 0 Å². The smallest absolute Gasteiger partial charge is 0.271 e. The maximum Gasteiger partial charge on any atom is 0.271 e. The molecule has 1 heterocycles. The number of hydrogen-bond acceptors (Lipinski definition) is 2. The average Bonchev–Trinajstić information content (AvgIpc) is 3.19. The zero-order valence-corrected chi connectivity index (χ0v) is 15.3. The van der Waals surface area contributed by atoms with Gasteiger partial charge in [-0.3, -0.25) is 9.59 Å². The maximum atomic E-state index is 13.0. The Bertz CT molecular complexity index is 795. The number of nitrogens with two attached hydrogens (primary N) is 1. The van der Waals surface area contributed by atoms with Crippen molar-refractivity contribution >= 4 is 22.7 Å². The summed E-state index contributed by atoms with van der Waals surface area (Å²) in [5, 5.41) is 1.00. The van der Waals surface area contributed by atoms with Crippen LogP contribution in [0, 0.1) is 0 Å². The maximum absolute atomic E-state index is 13.0. The van der Waals surface area contributed by atoms with Gasteiger partial charge >= 0.3 is 0 Å². The fourth-order valence-electron chi connectivity index (χ4n) is 3.61. The van der Waals surface area contributed by atoms with Crippen LogP contribution in [0.1, 0.15) is 62.5 Å². The summed E-state index contributed by atoms with van der Waals surface area (Å²) in [5.74, 6) is -0.606. The van der Waals surface area contributed by atoms with Gasteiger partial charge in [-0.05, 0) is 36.0 Å². The Labute approximate surface area is 148 Å². The summed E-state index contributed by atoms with van der Waals surface area (Å²) in [5.41, 5.74) is 8.11. The number of fused-ring (bicyclic) bond motifs is 1. The number of H-pyrrole nitrogens is 1. The lowest BCUT2D eigenvalue weighted by atomic mass is 9.87. The number of nitrogens with zero attached hydrogens (tertiary/aromatic N) is 1. The molecule has 134 valence electrons. The summed E-state index contributed by atoms with van der Waals surface area (Å²) in [6.07, 6.45) is 4.06. The Balaban J connectivity index is 1.92. The summed E-state index contributed by atoms with van der Waals surface area (Å²) < 4.78 is 0. The molecule has 3 N–H and O–H groups in total. The van der Waals surface area contributed by atoms with E-state index in [4.69, 9.17) is 5.73 Å². The topological polar surface area (TPSA) is 79.2 Å². The lowest BCUT2D eigenvalue weighted by Crippen LogP contribution is -2.44. The normalized spacial score (nSPS) is 15.6. The van der Waals surface area contributed by atoms with Gasteiger partial charge in [0.25, 0.3) is 5.91 Å². The molecule has 2 amide bonds. The van der Waals surface area contributed by atoms with Crippen molar-refractivity contribution in [1.82, 2.24) is 9.88 Å². The Kier molecular flexibility index (Phi) is 4.58. The molecule has 5 nitrogen and oxygen atoms in total. The number of carbonyl (C=O) groups excluding carboxylic acids is 2. The second kappa shape index (κ2) is 6.54. The molecule has 1 saturated carbocycles. The second-order valence-corrected chi connectivity index (χ2v) is 8.07. The zero-order valence-electron chi connectivity index (χ0n) is 15.3. The van der Waals surface area contributed by atoms with Crippen LogP contribution >= 0.6 is 0 Å². The molecular formula is C20H27N3O2. The second-order valence-electron chi connectivity index (χ2n) is 8.07. The van der Waals surface area contributed by atoms with E-state index in [-0.39, 0.29) is 23.9 Å². The van der Waals surface area contributed by atoms with E-state index in [2.05, 4.69) is 37.9 Å². The first-order valence-corrected chi connectivity index (χ1v) is 8.98. The minimum Gasteiger partial charge on any atom is -0.368 e. The molecule has 0 bridgehead atoms. The van der Waals surface area contributed by atoms with E-state index < -0.39 is 5.91 Å². The van der Waals surface area contributed by atoms with Crippen LogP contribution in [0.4, 0.5) is 0 Å². The summed E-state index contributed by atoms with van der Waals surface area (Å²) in [6.45, 7) is 6.47. The number of rotatable bonds is 4. The summed E-state index contributed by atoms with van der Waals surface area (Å²) >= 11 is 0. The van der Waals surface area contributed by atoms with Crippen LogP contribution in [-0.2, 0) is 10.2 Å². The quantitative estimate of drug-likeness (QED) is 0.894. The molecule has 25 heavy (non-hydrogen) atoms. The van der Waals surface area contributed by atoms with E-state index in [1.807, 2.05) is 12.1 Å². The lowest BCUT2D eigenvalue weighted by molar-refractivity contribution is -0.119.